The second-order valence-electron chi connectivity index (χ2n) is 13.9. The molecule has 0 aliphatic heterocycles. The van der Waals surface area contributed by atoms with Crippen LogP contribution < -0.4 is 31.7 Å². The van der Waals surface area contributed by atoms with Gasteiger partial charge in [-0.3, -0.25) is 28.7 Å². The van der Waals surface area contributed by atoms with Crippen LogP contribution in [0.5, 0.6) is 0 Å². The monoisotopic (exact) mass is 835 g/mol. The highest BCUT2D eigenvalue weighted by Crippen LogP contribution is 2.08. The number of unbranched alkanes of at least 4 members (excludes halogenated alkanes) is 9. The zero-order valence-corrected chi connectivity index (χ0v) is 35.9. The molecule has 0 aliphatic rings. The second kappa shape index (κ2) is 43.0. The number of rotatable bonds is 44. The molecular weight excluding hydrogens is 757 g/mol. The van der Waals surface area contributed by atoms with Crippen molar-refractivity contribution in [2.24, 2.45) is 5.73 Å². The summed E-state index contributed by atoms with van der Waals surface area (Å²) in [7, 11) is 0. The number of amides is 5. The van der Waals surface area contributed by atoms with E-state index in [0.717, 1.165) is 90.0 Å². The number of primary amides is 1. The number of hydrogen-bond donors (Lipinski definition) is 7. The Kier molecular flexibility index (Phi) is 41.1. The highest BCUT2D eigenvalue weighted by Gasteiger charge is 2.12. The molecule has 0 spiro atoms. The minimum Gasteiger partial charge on any atom is -0.381 e. The molecule has 0 bridgehead atoms. The molecule has 57 heavy (non-hydrogen) atoms. The molecule has 17 heteroatoms. The van der Waals surface area contributed by atoms with Gasteiger partial charge in [0, 0.05) is 71.7 Å². The van der Waals surface area contributed by atoms with E-state index in [-0.39, 0.29) is 36.5 Å². The van der Waals surface area contributed by atoms with Gasteiger partial charge in [-0.2, -0.15) is 0 Å². The Hall–Kier alpha value is -2.54. The third-order valence-electron chi connectivity index (χ3n) is 8.78. The Morgan fingerprint density at radius 3 is 1.35 bits per heavy atom. The zero-order chi connectivity index (χ0) is 41.9. The molecule has 0 aromatic heterocycles. The predicted octanol–water partition coefficient (Wildman–Crippen LogP) is 3.25. The molecule has 0 aromatic rings. The molecule has 334 valence electrons. The predicted molar refractivity (Wildman–Crippen MR) is 225 cm³/mol. The number of carbonyl (C=O) groups is 5. The summed E-state index contributed by atoms with van der Waals surface area (Å²) in [6.45, 7) is 9.47. The molecule has 0 saturated carbocycles. The van der Waals surface area contributed by atoms with E-state index >= 15 is 0 Å². The van der Waals surface area contributed by atoms with E-state index in [1.165, 1.54) is 0 Å². The number of nitrogens with two attached hydrogens (primary N) is 1. The van der Waals surface area contributed by atoms with E-state index in [2.05, 4.69) is 45.7 Å². The Labute approximate surface area is 348 Å². The second-order valence-corrected chi connectivity index (χ2v) is 14.2. The van der Waals surface area contributed by atoms with Gasteiger partial charge >= 0.3 is 0 Å². The molecule has 0 aromatic carbocycles. The Bertz CT molecular complexity index is 1000. The standard InChI is InChI=1S/C40H78N6O10S/c1-2-3-21-42-39(50)20-28-52-25-13-8-14-27-54-32-34-56-30-24-45-38(49)19-15-18-37(48)44-23-29-55-33-31-53-26-12-7-5-4-6-9-17-36(47)43-22-11-10-16-35(46-57)40(41)51/h35,46,57H,2-34H2,1H3,(H2,41,51)(H,42,50)(H,43,47)(H,44,48)(H,45,49). The average molecular weight is 835 g/mol. The zero-order valence-electron chi connectivity index (χ0n) is 35.0. The van der Waals surface area contributed by atoms with Crippen molar-refractivity contribution < 1.29 is 47.7 Å². The lowest BCUT2D eigenvalue weighted by Crippen LogP contribution is -2.36. The lowest BCUT2D eigenvalue weighted by Gasteiger charge is -2.11. The van der Waals surface area contributed by atoms with Crippen LogP contribution in [0.25, 0.3) is 0 Å². The molecule has 16 nitrogen and oxygen atoms in total. The summed E-state index contributed by atoms with van der Waals surface area (Å²) in [5.41, 5.74) is 5.26. The van der Waals surface area contributed by atoms with E-state index in [0.29, 0.717) is 111 Å². The van der Waals surface area contributed by atoms with Crippen LogP contribution in [0.2, 0.25) is 0 Å². The van der Waals surface area contributed by atoms with Crippen molar-refractivity contribution in [3.63, 3.8) is 0 Å². The van der Waals surface area contributed by atoms with Crippen molar-refractivity contribution in [2.75, 3.05) is 92.2 Å². The Morgan fingerprint density at radius 2 is 0.842 bits per heavy atom. The van der Waals surface area contributed by atoms with Crippen LogP contribution in [0.3, 0.4) is 0 Å². The van der Waals surface area contributed by atoms with Gasteiger partial charge in [0.15, 0.2) is 0 Å². The van der Waals surface area contributed by atoms with Crippen molar-refractivity contribution in [3.05, 3.63) is 0 Å². The number of thiol groups is 1. The third-order valence-corrected chi connectivity index (χ3v) is 9.09. The molecular formula is C40H78N6O10S. The summed E-state index contributed by atoms with van der Waals surface area (Å²) in [5, 5.41) is 11.4. The highest BCUT2D eigenvalue weighted by molar-refractivity contribution is 7.78. The SMILES string of the molecule is CCCCNC(=O)CCOCCCCCOCCOCCNC(=O)CCCC(=O)NCCOCCOCCCCCCCCC(=O)NCCCCC(NS)C(N)=O. The Morgan fingerprint density at radius 1 is 0.439 bits per heavy atom. The van der Waals surface area contributed by atoms with Gasteiger partial charge < -0.3 is 50.7 Å². The van der Waals surface area contributed by atoms with Crippen LogP contribution >= 0.6 is 12.8 Å². The lowest BCUT2D eigenvalue weighted by molar-refractivity contribution is -0.123. The van der Waals surface area contributed by atoms with Gasteiger partial charge in [0.2, 0.25) is 29.5 Å². The quantitative estimate of drug-likeness (QED) is 0.0349. The average Bonchev–Trinajstić information content (AvgIpc) is 3.19. The topological polar surface area (TPSA) is 218 Å². The molecule has 1 atom stereocenters. The Balaban J connectivity index is 3.35. The maximum Gasteiger partial charge on any atom is 0.235 e. The summed E-state index contributed by atoms with van der Waals surface area (Å²) < 4.78 is 30.3. The van der Waals surface area contributed by atoms with Crippen LogP contribution in [-0.2, 0) is 47.7 Å². The lowest BCUT2D eigenvalue weighted by atomic mass is 10.1. The van der Waals surface area contributed by atoms with Crippen molar-refractivity contribution in [2.45, 2.75) is 135 Å². The largest absolute Gasteiger partial charge is 0.381 e. The van der Waals surface area contributed by atoms with E-state index in [4.69, 9.17) is 29.4 Å². The third kappa shape index (κ3) is 41.4. The minimum atomic E-state index is -0.444. The van der Waals surface area contributed by atoms with Gasteiger partial charge in [-0.25, -0.2) is 0 Å². The molecule has 7 N–H and O–H groups in total. The van der Waals surface area contributed by atoms with Crippen LogP contribution in [0.1, 0.15) is 129 Å². The maximum absolute atomic E-state index is 12.0. The van der Waals surface area contributed by atoms with E-state index < -0.39 is 11.9 Å². The highest BCUT2D eigenvalue weighted by atomic mass is 32.1. The molecule has 0 heterocycles. The number of nitrogens with one attached hydrogen (secondary N) is 5. The van der Waals surface area contributed by atoms with Gasteiger partial charge in [-0.1, -0.05) is 51.8 Å². The maximum atomic E-state index is 12.0. The first kappa shape index (κ1) is 54.5. The van der Waals surface area contributed by atoms with Gasteiger partial charge in [0.05, 0.1) is 52.3 Å². The van der Waals surface area contributed by atoms with Crippen LogP contribution in [0, 0.1) is 0 Å². The van der Waals surface area contributed by atoms with Crippen molar-refractivity contribution in [3.8, 4) is 0 Å². The summed E-state index contributed by atoms with van der Waals surface area (Å²) in [4.78, 5) is 58.7. The summed E-state index contributed by atoms with van der Waals surface area (Å²) in [6.07, 6.45) is 15.3. The van der Waals surface area contributed by atoms with E-state index in [1.807, 2.05) is 0 Å². The molecule has 0 rings (SSSR count). The van der Waals surface area contributed by atoms with Gasteiger partial charge in [0.25, 0.3) is 0 Å². The van der Waals surface area contributed by atoms with E-state index in [1.54, 1.807) is 0 Å². The summed E-state index contributed by atoms with van der Waals surface area (Å²) in [5.74, 6) is -0.511. The number of carbonyl (C=O) groups excluding carboxylic acids is 5. The first-order valence-electron chi connectivity index (χ1n) is 21.4. The van der Waals surface area contributed by atoms with Gasteiger partial charge in [0.1, 0.15) is 0 Å². The smallest absolute Gasteiger partial charge is 0.235 e. The molecule has 1 unspecified atom stereocenters. The minimum absolute atomic E-state index is 0.0486. The van der Waals surface area contributed by atoms with Gasteiger partial charge in [-0.15, -0.1) is 0 Å². The fourth-order valence-corrected chi connectivity index (χ4v) is 5.61. The first-order valence-corrected chi connectivity index (χ1v) is 21.9. The summed E-state index contributed by atoms with van der Waals surface area (Å²) in [6, 6.07) is -0.444. The number of hydrogen-bond acceptors (Lipinski definition) is 12. The van der Waals surface area contributed by atoms with Gasteiger partial charge in [-0.05, 0) is 64.2 Å². The summed E-state index contributed by atoms with van der Waals surface area (Å²) >= 11 is 3.90. The molecule has 0 radical (unpaired) electrons. The normalized spacial score (nSPS) is 11.6. The van der Waals surface area contributed by atoms with Crippen molar-refractivity contribution >= 4 is 42.4 Å². The fraction of sp³-hybridized carbons (Fsp3) is 0.875. The van der Waals surface area contributed by atoms with Crippen molar-refractivity contribution in [1.29, 1.82) is 0 Å². The molecule has 0 fully saturated rings. The molecule has 0 aliphatic carbocycles. The van der Waals surface area contributed by atoms with Crippen LogP contribution in [0.4, 0.5) is 0 Å². The molecule has 5 amide bonds. The number of ether oxygens (including phenoxy) is 5. The first-order chi connectivity index (χ1) is 27.8. The molecule has 0 saturated heterocycles. The fourth-order valence-electron chi connectivity index (χ4n) is 5.36. The van der Waals surface area contributed by atoms with Crippen molar-refractivity contribution in [1.82, 2.24) is 26.0 Å². The van der Waals surface area contributed by atoms with Crippen LogP contribution in [-0.4, -0.2) is 128 Å². The van der Waals surface area contributed by atoms with Crippen LogP contribution in [0.15, 0.2) is 0 Å². The van der Waals surface area contributed by atoms with E-state index in [9.17, 15) is 24.0 Å².